The van der Waals surface area contributed by atoms with Crippen molar-refractivity contribution in [2.24, 2.45) is 11.8 Å². The first-order chi connectivity index (χ1) is 6.60. The summed E-state index contributed by atoms with van der Waals surface area (Å²) in [5.74, 6) is 1.56. The predicted molar refractivity (Wildman–Crippen MR) is 61.4 cm³/mol. The Balaban J connectivity index is 3.53. The minimum absolute atomic E-state index is 0.128. The highest BCUT2D eigenvalue weighted by molar-refractivity contribution is 6.17. The van der Waals surface area contributed by atoms with E-state index in [1.165, 1.54) is 6.42 Å². The van der Waals surface area contributed by atoms with Crippen molar-refractivity contribution >= 4 is 11.6 Å². The molecule has 0 aromatic carbocycles. The maximum atomic E-state index is 8.65. The summed E-state index contributed by atoms with van der Waals surface area (Å²) in [7, 11) is 2.07. The molecule has 3 heteroatoms. The summed E-state index contributed by atoms with van der Waals surface area (Å²) >= 11 is 5.66. The zero-order chi connectivity index (χ0) is 11.0. The molecule has 0 aromatic rings. The molecule has 0 saturated heterocycles. The summed E-state index contributed by atoms with van der Waals surface area (Å²) in [6.07, 6.45) is 2.25. The molecule has 82 valence electrons. The molecule has 14 heavy (non-hydrogen) atoms. The number of nitrogens with zero attached hydrogens (tertiary/aromatic N) is 2. The van der Waals surface area contributed by atoms with E-state index in [1.54, 1.807) is 0 Å². The van der Waals surface area contributed by atoms with Crippen molar-refractivity contribution in [3.63, 3.8) is 0 Å². The Morgan fingerprint density at radius 1 is 1.36 bits per heavy atom. The fourth-order valence-corrected chi connectivity index (χ4v) is 1.74. The largest absolute Gasteiger partial charge is 0.305 e. The summed E-state index contributed by atoms with van der Waals surface area (Å²) in [5, 5.41) is 8.65. The van der Waals surface area contributed by atoms with E-state index < -0.39 is 0 Å². The lowest BCUT2D eigenvalue weighted by molar-refractivity contribution is 0.285. The van der Waals surface area contributed by atoms with Crippen LogP contribution < -0.4 is 0 Å². The van der Waals surface area contributed by atoms with E-state index >= 15 is 0 Å². The second kappa shape index (κ2) is 8.08. The molecule has 0 aliphatic heterocycles. The highest BCUT2D eigenvalue weighted by Crippen LogP contribution is 2.09. The van der Waals surface area contributed by atoms with E-state index in [1.807, 2.05) is 6.92 Å². The van der Waals surface area contributed by atoms with Gasteiger partial charge in [0.2, 0.25) is 0 Å². The van der Waals surface area contributed by atoms with Crippen LogP contribution >= 0.6 is 11.6 Å². The third-order valence-corrected chi connectivity index (χ3v) is 2.63. The molecule has 0 amide bonds. The van der Waals surface area contributed by atoms with Crippen LogP contribution in [0, 0.1) is 23.2 Å². The molecule has 0 fully saturated rings. The molecule has 2 unspecified atom stereocenters. The van der Waals surface area contributed by atoms with Crippen LogP contribution in [0.2, 0.25) is 0 Å². The molecule has 0 heterocycles. The molecule has 0 aliphatic rings. The van der Waals surface area contributed by atoms with E-state index in [0.717, 1.165) is 25.4 Å². The highest BCUT2D eigenvalue weighted by Gasteiger charge is 2.07. The maximum Gasteiger partial charge on any atom is 0.0666 e. The van der Waals surface area contributed by atoms with Crippen molar-refractivity contribution in [1.82, 2.24) is 4.90 Å². The second-order valence-corrected chi connectivity index (χ2v) is 4.54. The average Bonchev–Trinajstić information content (AvgIpc) is 2.15. The zero-order valence-electron chi connectivity index (χ0n) is 9.46. The topological polar surface area (TPSA) is 27.0 Å². The normalized spacial score (nSPS) is 15.1. The van der Waals surface area contributed by atoms with Crippen molar-refractivity contribution < 1.29 is 0 Å². The van der Waals surface area contributed by atoms with Gasteiger partial charge in [-0.1, -0.05) is 6.92 Å². The smallest absolute Gasteiger partial charge is 0.0666 e. The van der Waals surface area contributed by atoms with Crippen LogP contribution in [0.25, 0.3) is 0 Å². The van der Waals surface area contributed by atoms with Gasteiger partial charge in [0.05, 0.1) is 12.0 Å². The van der Waals surface area contributed by atoms with Crippen LogP contribution in [0.3, 0.4) is 0 Å². The third-order valence-electron chi connectivity index (χ3n) is 2.41. The van der Waals surface area contributed by atoms with E-state index in [0.29, 0.717) is 5.92 Å². The van der Waals surface area contributed by atoms with Crippen molar-refractivity contribution in [2.45, 2.75) is 26.7 Å². The summed E-state index contributed by atoms with van der Waals surface area (Å²) in [6.45, 7) is 6.11. The molecular weight excluding hydrogens is 196 g/mol. The van der Waals surface area contributed by atoms with Crippen LogP contribution in [0.1, 0.15) is 26.7 Å². The Morgan fingerprint density at radius 2 is 2.00 bits per heavy atom. The van der Waals surface area contributed by atoms with Crippen LogP contribution in [0.5, 0.6) is 0 Å². The number of halogens is 1. The standard InChI is InChI=1S/C11H21ClN2/c1-10(4-6-12)5-7-14(3)9-11(2)8-13/h10-11H,4-7,9H2,1-3H3. The van der Waals surface area contributed by atoms with Gasteiger partial charge in [-0.25, -0.2) is 0 Å². The van der Waals surface area contributed by atoms with E-state index in [2.05, 4.69) is 24.9 Å². The SMILES string of the molecule is CC(C#N)CN(C)CCC(C)CCCl. The lowest BCUT2D eigenvalue weighted by Crippen LogP contribution is -2.26. The lowest BCUT2D eigenvalue weighted by atomic mass is 10.0. The Hall–Kier alpha value is -0.260. The van der Waals surface area contributed by atoms with Gasteiger partial charge >= 0.3 is 0 Å². The van der Waals surface area contributed by atoms with Crippen molar-refractivity contribution in [3.05, 3.63) is 0 Å². The second-order valence-electron chi connectivity index (χ2n) is 4.16. The van der Waals surface area contributed by atoms with Crippen molar-refractivity contribution in [3.8, 4) is 6.07 Å². The fraction of sp³-hybridized carbons (Fsp3) is 0.909. The molecule has 0 rings (SSSR count). The number of nitriles is 1. The molecule has 0 bridgehead atoms. The summed E-state index contributed by atoms with van der Waals surface area (Å²) in [6, 6.07) is 2.25. The van der Waals surface area contributed by atoms with Crippen LogP contribution in [-0.4, -0.2) is 30.9 Å². The first-order valence-corrected chi connectivity index (χ1v) is 5.77. The number of alkyl halides is 1. The van der Waals surface area contributed by atoms with E-state index in [9.17, 15) is 0 Å². The van der Waals surface area contributed by atoms with E-state index in [-0.39, 0.29) is 5.92 Å². The van der Waals surface area contributed by atoms with Gasteiger partial charge in [0, 0.05) is 12.4 Å². The lowest BCUT2D eigenvalue weighted by Gasteiger charge is -2.19. The minimum Gasteiger partial charge on any atom is -0.305 e. The minimum atomic E-state index is 0.128. The molecule has 2 nitrogen and oxygen atoms in total. The first kappa shape index (κ1) is 13.7. The van der Waals surface area contributed by atoms with Crippen molar-refractivity contribution in [2.75, 3.05) is 26.0 Å². The van der Waals surface area contributed by atoms with Gasteiger partial charge in [0.25, 0.3) is 0 Å². The van der Waals surface area contributed by atoms with Gasteiger partial charge in [-0.05, 0) is 39.3 Å². The van der Waals surface area contributed by atoms with Gasteiger partial charge < -0.3 is 4.90 Å². The van der Waals surface area contributed by atoms with Gasteiger partial charge in [-0.2, -0.15) is 5.26 Å². The molecule has 2 atom stereocenters. The van der Waals surface area contributed by atoms with Crippen LogP contribution in [-0.2, 0) is 0 Å². The highest BCUT2D eigenvalue weighted by atomic mass is 35.5. The fourth-order valence-electron chi connectivity index (χ4n) is 1.37. The third kappa shape index (κ3) is 7.17. The Morgan fingerprint density at radius 3 is 2.50 bits per heavy atom. The van der Waals surface area contributed by atoms with Crippen LogP contribution in [0.15, 0.2) is 0 Å². The molecule has 0 radical (unpaired) electrons. The number of hydrogen-bond donors (Lipinski definition) is 0. The predicted octanol–water partition coefficient (Wildman–Crippen LogP) is 2.73. The van der Waals surface area contributed by atoms with Gasteiger partial charge in [-0.3, -0.25) is 0 Å². The van der Waals surface area contributed by atoms with Crippen LogP contribution in [0.4, 0.5) is 0 Å². The number of rotatable bonds is 7. The number of hydrogen-bond acceptors (Lipinski definition) is 2. The first-order valence-electron chi connectivity index (χ1n) is 5.24. The monoisotopic (exact) mass is 216 g/mol. The molecule has 0 saturated carbocycles. The zero-order valence-corrected chi connectivity index (χ0v) is 10.2. The molecule has 0 N–H and O–H groups in total. The molecule has 0 aliphatic carbocycles. The summed E-state index contributed by atoms with van der Waals surface area (Å²) in [4.78, 5) is 2.22. The molecule has 0 spiro atoms. The molecule has 0 aromatic heterocycles. The maximum absolute atomic E-state index is 8.65. The summed E-state index contributed by atoms with van der Waals surface area (Å²) < 4.78 is 0. The quantitative estimate of drug-likeness (QED) is 0.612. The Bertz CT molecular complexity index is 177. The Labute approximate surface area is 92.8 Å². The van der Waals surface area contributed by atoms with Crippen molar-refractivity contribution in [1.29, 1.82) is 5.26 Å². The van der Waals surface area contributed by atoms with E-state index in [4.69, 9.17) is 16.9 Å². The van der Waals surface area contributed by atoms with Gasteiger partial charge in [-0.15, -0.1) is 11.6 Å². The average molecular weight is 217 g/mol. The Kier molecular flexibility index (Phi) is 7.93. The van der Waals surface area contributed by atoms with Gasteiger partial charge in [0.1, 0.15) is 0 Å². The molecular formula is C11H21ClN2. The summed E-state index contributed by atoms with van der Waals surface area (Å²) in [5.41, 5.74) is 0. The van der Waals surface area contributed by atoms with Gasteiger partial charge in [0.15, 0.2) is 0 Å².